The minimum absolute atomic E-state index is 0.0657. The maximum atomic E-state index is 13.8. The fourth-order valence-electron chi connectivity index (χ4n) is 4.63. The number of hydrogen-bond donors (Lipinski definition) is 2. The number of nitrogen functional groups attached to an aromatic ring is 1. The number of amides is 1. The van der Waals surface area contributed by atoms with Gasteiger partial charge in [-0.25, -0.2) is 4.98 Å². The minimum atomic E-state index is -4.51. The zero-order valence-electron chi connectivity index (χ0n) is 19.3. The van der Waals surface area contributed by atoms with Gasteiger partial charge >= 0.3 is 6.18 Å². The molecular weight excluding hydrogens is 469 g/mol. The number of nitrogens with two attached hydrogens (primary N) is 1. The highest BCUT2D eigenvalue weighted by atomic mass is 19.4. The van der Waals surface area contributed by atoms with Crippen LogP contribution in [0.25, 0.3) is 10.9 Å². The van der Waals surface area contributed by atoms with Crippen molar-refractivity contribution < 1.29 is 23.1 Å². The summed E-state index contributed by atoms with van der Waals surface area (Å²) < 4.78 is 39.0. The van der Waals surface area contributed by atoms with Crippen molar-refractivity contribution in [1.82, 2.24) is 14.9 Å². The minimum Gasteiger partial charge on any atom is -0.386 e. The molecular formula is C27H23F3N4O2. The number of hydrogen-bond acceptors (Lipinski definition) is 5. The number of aliphatic hydroxyl groups excluding tert-OH is 1. The molecule has 0 unspecified atom stereocenters. The van der Waals surface area contributed by atoms with Gasteiger partial charge in [0.2, 0.25) is 0 Å². The first-order chi connectivity index (χ1) is 17.1. The van der Waals surface area contributed by atoms with Crippen LogP contribution in [0.5, 0.6) is 0 Å². The zero-order valence-corrected chi connectivity index (χ0v) is 19.3. The van der Waals surface area contributed by atoms with Gasteiger partial charge in [-0.05, 0) is 66.4 Å². The third kappa shape index (κ3) is 4.37. The van der Waals surface area contributed by atoms with Crippen LogP contribution in [0.2, 0.25) is 0 Å². The Balaban J connectivity index is 1.52. The Labute approximate surface area is 205 Å². The summed E-state index contributed by atoms with van der Waals surface area (Å²) in [5.74, 6) is 0.0355. The molecule has 1 aliphatic carbocycles. The van der Waals surface area contributed by atoms with Gasteiger partial charge < -0.3 is 15.7 Å². The number of aryl methyl sites for hydroxylation is 1. The molecule has 5 rings (SSSR count). The summed E-state index contributed by atoms with van der Waals surface area (Å²) in [7, 11) is 0. The van der Waals surface area contributed by atoms with Gasteiger partial charge in [0.15, 0.2) is 0 Å². The van der Waals surface area contributed by atoms with Crippen molar-refractivity contribution in [2.24, 2.45) is 0 Å². The largest absolute Gasteiger partial charge is 0.417 e. The van der Waals surface area contributed by atoms with Crippen molar-refractivity contribution in [2.75, 3.05) is 5.73 Å². The average Bonchev–Trinajstić information content (AvgIpc) is 3.18. The van der Waals surface area contributed by atoms with E-state index in [2.05, 4.69) is 9.97 Å². The van der Waals surface area contributed by atoms with E-state index in [0.717, 1.165) is 34.3 Å². The highest BCUT2D eigenvalue weighted by Gasteiger charge is 2.38. The van der Waals surface area contributed by atoms with E-state index in [0.29, 0.717) is 23.3 Å². The number of carbonyl (C=O) groups is 1. The summed E-state index contributed by atoms with van der Waals surface area (Å²) in [4.78, 5) is 23.6. The lowest BCUT2D eigenvalue weighted by Crippen LogP contribution is -2.42. The predicted octanol–water partition coefficient (Wildman–Crippen LogP) is 4.84. The van der Waals surface area contributed by atoms with Crippen LogP contribution < -0.4 is 5.73 Å². The second kappa shape index (κ2) is 8.91. The average molecular weight is 493 g/mol. The molecule has 6 nitrogen and oxygen atoms in total. The lowest BCUT2D eigenvalue weighted by Gasteiger charge is -2.31. The quantitative estimate of drug-likeness (QED) is 0.425. The molecule has 0 spiro atoms. The van der Waals surface area contributed by atoms with Crippen molar-refractivity contribution in [2.45, 2.75) is 38.2 Å². The third-order valence-corrected chi connectivity index (χ3v) is 6.60. The van der Waals surface area contributed by atoms with E-state index in [4.69, 9.17) is 5.73 Å². The van der Waals surface area contributed by atoms with Crippen molar-refractivity contribution in [3.05, 3.63) is 100 Å². The standard InChI is InChI=1S/C27H23F3N4O2/c1-15-10-18-11-17(6-9-22(18)33-25(15)31)26(36)34(14-20-8-7-19(13-32-20)27(28,29)30)23-12-16-4-2-3-5-21(16)24(23)35/h2-11,13,23-24,35H,12,14H2,1H3,(H2,31,33)/t23-,24+/m0/s1. The van der Waals surface area contributed by atoms with Gasteiger partial charge in [-0.3, -0.25) is 9.78 Å². The molecule has 2 heterocycles. The van der Waals surface area contributed by atoms with E-state index in [1.165, 1.54) is 11.0 Å². The van der Waals surface area contributed by atoms with Crippen molar-refractivity contribution in [3.63, 3.8) is 0 Å². The molecule has 3 N–H and O–H groups in total. The summed E-state index contributed by atoms with van der Waals surface area (Å²) in [5.41, 5.74) is 8.75. The van der Waals surface area contributed by atoms with Crippen LogP contribution in [0.1, 0.15) is 44.4 Å². The Morgan fingerprint density at radius 2 is 1.92 bits per heavy atom. The van der Waals surface area contributed by atoms with Crippen LogP contribution in [0.4, 0.5) is 19.0 Å². The Morgan fingerprint density at radius 3 is 2.61 bits per heavy atom. The lowest BCUT2D eigenvalue weighted by atomic mass is 10.0. The van der Waals surface area contributed by atoms with Gasteiger partial charge in [-0.2, -0.15) is 13.2 Å². The molecule has 2 atom stereocenters. The highest BCUT2D eigenvalue weighted by Crippen LogP contribution is 2.36. The number of carbonyl (C=O) groups excluding carboxylic acids is 1. The van der Waals surface area contributed by atoms with Crippen LogP contribution in [-0.2, 0) is 19.1 Å². The first-order valence-electron chi connectivity index (χ1n) is 11.4. The molecule has 4 aromatic rings. The number of halogens is 3. The van der Waals surface area contributed by atoms with Gasteiger partial charge in [-0.1, -0.05) is 24.3 Å². The molecule has 1 aliphatic rings. The van der Waals surface area contributed by atoms with Crippen molar-refractivity contribution in [3.8, 4) is 0 Å². The normalized spacial score (nSPS) is 17.2. The first kappa shape index (κ1) is 23.7. The van der Waals surface area contributed by atoms with Crippen molar-refractivity contribution in [1.29, 1.82) is 0 Å². The molecule has 36 heavy (non-hydrogen) atoms. The number of rotatable bonds is 4. The molecule has 0 bridgehead atoms. The van der Waals surface area contributed by atoms with E-state index in [1.807, 2.05) is 37.3 Å². The lowest BCUT2D eigenvalue weighted by molar-refractivity contribution is -0.137. The molecule has 0 saturated heterocycles. The van der Waals surface area contributed by atoms with E-state index >= 15 is 0 Å². The number of alkyl halides is 3. The van der Waals surface area contributed by atoms with Gasteiger partial charge in [-0.15, -0.1) is 0 Å². The number of pyridine rings is 2. The summed E-state index contributed by atoms with van der Waals surface area (Å²) in [5, 5.41) is 11.8. The Kier molecular flexibility index (Phi) is 5.88. The van der Waals surface area contributed by atoms with Gasteiger partial charge in [0, 0.05) is 17.1 Å². The molecule has 1 amide bonds. The summed E-state index contributed by atoms with van der Waals surface area (Å²) in [6.07, 6.45) is -4.28. The smallest absolute Gasteiger partial charge is 0.386 e. The van der Waals surface area contributed by atoms with Crippen LogP contribution in [0, 0.1) is 6.92 Å². The number of aliphatic hydroxyl groups is 1. The summed E-state index contributed by atoms with van der Waals surface area (Å²) in [6, 6.07) is 15.9. The first-order valence-corrected chi connectivity index (χ1v) is 11.4. The summed E-state index contributed by atoms with van der Waals surface area (Å²) >= 11 is 0. The number of benzene rings is 2. The second-order valence-electron chi connectivity index (χ2n) is 8.98. The highest BCUT2D eigenvalue weighted by molar-refractivity contribution is 5.98. The fraction of sp³-hybridized carbons (Fsp3) is 0.222. The molecule has 0 radical (unpaired) electrons. The van der Waals surface area contributed by atoms with Gasteiger partial charge in [0.05, 0.1) is 35.5 Å². The van der Waals surface area contributed by atoms with Crippen molar-refractivity contribution >= 4 is 22.6 Å². The molecule has 0 saturated carbocycles. The van der Waals surface area contributed by atoms with Crippen LogP contribution >= 0.6 is 0 Å². The van der Waals surface area contributed by atoms with E-state index in [1.54, 1.807) is 18.2 Å². The topological polar surface area (TPSA) is 92.3 Å². The maximum absolute atomic E-state index is 13.8. The molecule has 9 heteroatoms. The van der Waals surface area contributed by atoms with E-state index < -0.39 is 23.9 Å². The Morgan fingerprint density at radius 1 is 1.14 bits per heavy atom. The van der Waals surface area contributed by atoms with Crippen LogP contribution in [-0.4, -0.2) is 31.9 Å². The number of aromatic nitrogens is 2. The monoisotopic (exact) mass is 492 g/mol. The second-order valence-corrected chi connectivity index (χ2v) is 8.98. The van der Waals surface area contributed by atoms with Crippen LogP contribution in [0.15, 0.2) is 66.9 Å². The van der Waals surface area contributed by atoms with Crippen LogP contribution in [0.3, 0.4) is 0 Å². The molecule has 184 valence electrons. The molecule has 2 aromatic carbocycles. The summed E-state index contributed by atoms with van der Waals surface area (Å²) in [6.45, 7) is 1.76. The SMILES string of the molecule is Cc1cc2cc(C(=O)N(Cc3ccc(C(F)(F)F)cn3)[C@H]3Cc4ccccc4[C@H]3O)ccc2nc1N. The van der Waals surface area contributed by atoms with Gasteiger partial charge in [0.25, 0.3) is 5.91 Å². The molecule has 0 aliphatic heterocycles. The number of anilines is 1. The maximum Gasteiger partial charge on any atom is 0.417 e. The third-order valence-electron chi connectivity index (χ3n) is 6.60. The molecule has 0 fully saturated rings. The number of fused-ring (bicyclic) bond motifs is 2. The van der Waals surface area contributed by atoms with E-state index in [-0.39, 0.29) is 18.1 Å². The number of nitrogens with zero attached hydrogens (tertiary/aromatic N) is 3. The zero-order chi connectivity index (χ0) is 25.6. The Bertz CT molecular complexity index is 1450. The van der Waals surface area contributed by atoms with E-state index in [9.17, 15) is 23.1 Å². The molecule has 2 aromatic heterocycles. The Hall–Kier alpha value is -3.98. The fourth-order valence-corrected chi connectivity index (χ4v) is 4.63. The predicted molar refractivity (Wildman–Crippen MR) is 129 cm³/mol. The van der Waals surface area contributed by atoms with Gasteiger partial charge in [0.1, 0.15) is 5.82 Å².